The van der Waals surface area contributed by atoms with Crippen molar-refractivity contribution in [3.63, 3.8) is 0 Å². The molecule has 0 bridgehead atoms. The summed E-state index contributed by atoms with van der Waals surface area (Å²) >= 11 is 0. The highest BCUT2D eigenvalue weighted by Gasteiger charge is 2.13. The third-order valence-electron chi connectivity index (χ3n) is 3.40. The van der Waals surface area contributed by atoms with Crippen molar-refractivity contribution in [3.8, 4) is 0 Å². The highest BCUT2D eigenvalue weighted by atomic mass is 15.3. The van der Waals surface area contributed by atoms with Crippen LogP contribution >= 0.6 is 0 Å². The van der Waals surface area contributed by atoms with Crippen LogP contribution in [-0.2, 0) is 12.1 Å². The fourth-order valence-electron chi connectivity index (χ4n) is 2.04. The number of hydrogen-bond donors (Lipinski definition) is 1. The summed E-state index contributed by atoms with van der Waals surface area (Å²) in [5.74, 6) is 0.817. The fraction of sp³-hybridized carbons (Fsp3) is 0.812. The Balaban J connectivity index is 2.30. The maximum atomic E-state index is 4.43. The second-order valence-corrected chi connectivity index (χ2v) is 7.07. The van der Waals surface area contributed by atoms with Crippen molar-refractivity contribution in [1.82, 2.24) is 15.1 Å². The van der Waals surface area contributed by atoms with Crippen LogP contribution in [0.2, 0.25) is 0 Å². The first-order chi connectivity index (χ1) is 8.79. The summed E-state index contributed by atoms with van der Waals surface area (Å²) in [6.45, 7) is 14.3. The van der Waals surface area contributed by atoms with Gasteiger partial charge in [-0.15, -0.1) is 0 Å². The lowest BCUT2D eigenvalue weighted by Gasteiger charge is -2.18. The third-order valence-corrected chi connectivity index (χ3v) is 3.40. The molecule has 1 heterocycles. The van der Waals surface area contributed by atoms with E-state index in [9.17, 15) is 0 Å². The maximum absolute atomic E-state index is 4.43. The van der Waals surface area contributed by atoms with Crippen molar-refractivity contribution >= 4 is 0 Å². The van der Waals surface area contributed by atoms with Crippen LogP contribution in [-0.4, -0.2) is 15.8 Å². The molecule has 1 aromatic heterocycles. The minimum Gasteiger partial charge on any atom is -0.310 e. The van der Waals surface area contributed by atoms with E-state index < -0.39 is 0 Å². The van der Waals surface area contributed by atoms with E-state index in [-0.39, 0.29) is 5.54 Å². The number of aromatic nitrogens is 2. The molecule has 0 amide bonds. The Labute approximate surface area is 118 Å². The van der Waals surface area contributed by atoms with Crippen LogP contribution < -0.4 is 5.32 Å². The molecule has 3 nitrogen and oxygen atoms in total. The number of nitrogens with one attached hydrogen (secondary N) is 1. The van der Waals surface area contributed by atoms with Gasteiger partial charge in [0.15, 0.2) is 0 Å². The Morgan fingerprint density at radius 1 is 1.21 bits per heavy atom. The maximum Gasteiger partial charge on any atom is 0.0543 e. The van der Waals surface area contributed by atoms with Crippen LogP contribution in [0, 0.1) is 5.92 Å². The van der Waals surface area contributed by atoms with Crippen molar-refractivity contribution in [1.29, 1.82) is 0 Å². The summed E-state index contributed by atoms with van der Waals surface area (Å²) in [6.07, 6.45) is 8.01. The molecule has 110 valence electrons. The summed E-state index contributed by atoms with van der Waals surface area (Å²) < 4.78 is 2.04. The SMILES string of the molecule is CC(C)CCCC(C)NCc1cnn(C(C)(C)C)c1. The zero-order chi connectivity index (χ0) is 14.5. The smallest absolute Gasteiger partial charge is 0.0543 e. The van der Waals surface area contributed by atoms with Gasteiger partial charge in [0.1, 0.15) is 0 Å². The van der Waals surface area contributed by atoms with Gasteiger partial charge >= 0.3 is 0 Å². The predicted octanol–water partition coefficient (Wildman–Crippen LogP) is 3.94. The monoisotopic (exact) mass is 265 g/mol. The topological polar surface area (TPSA) is 29.9 Å². The first-order valence-electron chi connectivity index (χ1n) is 7.56. The van der Waals surface area contributed by atoms with Gasteiger partial charge in [-0.2, -0.15) is 5.10 Å². The Kier molecular flexibility index (Phi) is 6.05. The van der Waals surface area contributed by atoms with E-state index >= 15 is 0 Å². The van der Waals surface area contributed by atoms with Gasteiger partial charge in [0.2, 0.25) is 0 Å². The molecular formula is C16H31N3. The molecule has 1 aromatic rings. The van der Waals surface area contributed by atoms with Crippen molar-refractivity contribution in [2.24, 2.45) is 5.92 Å². The van der Waals surface area contributed by atoms with Gasteiger partial charge in [0.05, 0.1) is 11.7 Å². The standard InChI is InChI=1S/C16H31N3/c1-13(2)8-7-9-14(3)17-10-15-11-18-19(12-15)16(4,5)6/h11-14,17H,7-10H2,1-6H3. The molecule has 1 unspecified atom stereocenters. The van der Waals surface area contributed by atoms with Gasteiger partial charge in [0, 0.05) is 24.3 Å². The molecule has 0 saturated heterocycles. The Hall–Kier alpha value is -0.830. The van der Waals surface area contributed by atoms with E-state index in [1.54, 1.807) is 0 Å². The van der Waals surface area contributed by atoms with Crippen molar-refractivity contribution < 1.29 is 0 Å². The minimum atomic E-state index is 0.0706. The van der Waals surface area contributed by atoms with Gasteiger partial charge in [-0.05, 0) is 40.0 Å². The molecule has 1 N–H and O–H groups in total. The second kappa shape index (κ2) is 7.09. The molecule has 0 radical (unpaired) electrons. The van der Waals surface area contributed by atoms with Crippen molar-refractivity contribution in [3.05, 3.63) is 18.0 Å². The zero-order valence-corrected chi connectivity index (χ0v) is 13.5. The van der Waals surface area contributed by atoms with E-state index in [0.717, 1.165) is 12.5 Å². The molecule has 1 rings (SSSR count). The molecule has 0 saturated carbocycles. The normalized spacial score (nSPS) is 14.1. The summed E-state index contributed by atoms with van der Waals surface area (Å²) in [5.41, 5.74) is 1.34. The number of hydrogen-bond acceptors (Lipinski definition) is 2. The van der Waals surface area contributed by atoms with Gasteiger partial charge in [0.25, 0.3) is 0 Å². The quantitative estimate of drug-likeness (QED) is 0.809. The van der Waals surface area contributed by atoms with Crippen LogP contribution in [0.4, 0.5) is 0 Å². The molecule has 0 aliphatic rings. The molecule has 0 aliphatic heterocycles. The lowest BCUT2D eigenvalue weighted by molar-refractivity contribution is 0.355. The summed E-state index contributed by atoms with van der Waals surface area (Å²) in [5, 5.41) is 8.01. The Morgan fingerprint density at radius 3 is 2.42 bits per heavy atom. The Bertz CT molecular complexity index is 360. The first-order valence-corrected chi connectivity index (χ1v) is 7.56. The van der Waals surface area contributed by atoms with Crippen LogP contribution in [0.15, 0.2) is 12.4 Å². The summed E-state index contributed by atoms with van der Waals surface area (Å²) in [6, 6.07) is 0.580. The average molecular weight is 265 g/mol. The van der Waals surface area contributed by atoms with Crippen molar-refractivity contribution in [2.75, 3.05) is 0 Å². The summed E-state index contributed by atoms with van der Waals surface area (Å²) in [4.78, 5) is 0. The van der Waals surface area contributed by atoms with Gasteiger partial charge < -0.3 is 5.32 Å². The van der Waals surface area contributed by atoms with Crippen LogP contribution in [0.5, 0.6) is 0 Å². The molecule has 3 heteroatoms. The van der Waals surface area contributed by atoms with Crippen molar-refractivity contribution in [2.45, 2.75) is 78.9 Å². The second-order valence-electron chi connectivity index (χ2n) is 7.07. The van der Waals surface area contributed by atoms with Gasteiger partial charge in [-0.3, -0.25) is 4.68 Å². The lowest BCUT2D eigenvalue weighted by atomic mass is 10.0. The van der Waals surface area contributed by atoms with Gasteiger partial charge in [-0.1, -0.05) is 26.7 Å². The molecular weight excluding hydrogens is 234 g/mol. The minimum absolute atomic E-state index is 0.0706. The van der Waals surface area contributed by atoms with E-state index in [2.05, 4.69) is 58.2 Å². The van der Waals surface area contributed by atoms with E-state index in [4.69, 9.17) is 0 Å². The lowest BCUT2D eigenvalue weighted by Crippen LogP contribution is -2.25. The van der Waals surface area contributed by atoms with E-state index in [1.807, 2.05) is 10.9 Å². The van der Waals surface area contributed by atoms with Gasteiger partial charge in [-0.25, -0.2) is 0 Å². The fourth-order valence-corrected chi connectivity index (χ4v) is 2.04. The number of nitrogens with zero attached hydrogens (tertiary/aromatic N) is 2. The summed E-state index contributed by atoms with van der Waals surface area (Å²) in [7, 11) is 0. The molecule has 1 atom stereocenters. The van der Waals surface area contributed by atoms with Crippen LogP contribution in [0.3, 0.4) is 0 Å². The highest BCUT2D eigenvalue weighted by Crippen LogP contribution is 2.13. The highest BCUT2D eigenvalue weighted by molar-refractivity contribution is 5.05. The zero-order valence-electron chi connectivity index (χ0n) is 13.5. The third kappa shape index (κ3) is 6.24. The van der Waals surface area contributed by atoms with Crippen LogP contribution in [0.25, 0.3) is 0 Å². The largest absolute Gasteiger partial charge is 0.310 e. The molecule has 0 fully saturated rings. The first kappa shape index (κ1) is 16.2. The van der Waals surface area contributed by atoms with E-state index in [1.165, 1.54) is 24.8 Å². The molecule has 0 aromatic carbocycles. The molecule has 0 spiro atoms. The van der Waals surface area contributed by atoms with E-state index in [0.29, 0.717) is 6.04 Å². The molecule has 0 aliphatic carbocycles. The molecule has 19 heavy (non-hydrogen) atoms. The van der Waals surface area contributed by atoms with Crippen LogP contribution in [0.1, 0.15) is 66.4 Å². The number of rotatable bonds is 7. The Morgan fingerprint density at radius 2 is 1.89 bits per heavy atom. The predicted molar refractivity (Wildman–Crippen MR) is 82.2 cm³/mol. The average Bonchev–Trinajstić information content (AvgIpc) is 2.74.